The van der Waals surface area contributed by atoms with Crippen LogP contribution in [0.5, 0.6) is 0 Å². The Morgan fingerprint density at radius 2 is 1.88 bits per heavy atom. The van der Waals surface area contributed by atoms with Crippen molar-refractivity contribution in [2.45, 2.75) is 58.2 Å². The number of carbonyl (C=O) groups excluding carboxylic acids is 3. The van der Waals surface area contributed by atoms with Gasteiger partial charge in [0.1, 0.15) is 18.7 Å². The summed E-state index contributed by atoms with van der Waals surface area (Å²) >= 11 is 0. The fourth-order valence-corrected chi connectivity index (χ4v) is 4.35. The minimum absolute atomic E-state index is 0.00770. The Morgan fingerprint density at radius 3 is 2.53 bits per heavy atom. The fraction of sp³-hybridized carbons (Fsp3) is 0.625. The molecule has 0 bridgehead atoms. The van der Waals surface area contributed by atoms with Gasteiger partial charge in [0.05, 0.1) is 19.3 Å². The Labute approximate surface area is 190 Å². The second kappa shape index (κ2) is 10.9. The summed E-state index contributed by atoms with van der Waals surface area (Å²) in [4.78, 5) is 40.1. The minimum Gasteiger partial charge on any atom is -0.378 e. The van der Waals surface area contributed by atoms with E-state index in [0.29, 0.717) is 39.1 Å². The molecule has 1 aromatic carbocycles. The van der Waals surface area contributed by atoms with Gasteiger partial charge in [-0.2, -0.15) is 0 Å². The first-order chi connectivity index (χ1) is 15.3. The van der Waals surface area contributed by atoms with Gasteiger partial charge in [0, 0.05) is 13.1 Å². The average molecular weight is 446 g/mol. The molecular weight excluding hydrogens is 410 g/mol. The highest BCUT2D eigenvalue weighted by atomic mass is 16.5. The van der Waals surface area contributed by atoms with E-state index in [1.54, 1.807) is 4.90 Å². The van der Waals surface area contributed by atoms with E-state index in [9.17, 15) is 14.4 Å². The lowest BCUT2D eigenvalue weighted by Gasteiger charge is -2.33. The lowest BCUT2D eigenvalue weighted by molar-refractivity contribution is -0.128. The standard InChI is InChI=1S/C24H35N3O5/c1-4-20-21(19(28)16-32-20)26-22(29)18(25-23(30)27-10-12-31-13-11-27)15-24(2,3)14-17-8-6-5-7-9-17/h5-9,18,20-21H,4,10-16H2,1-3H3,(H,25,30)(H,26,29)/t18-,20?,21?/m0/s1. The zero-order valence-corrected chi connectivity index (χ0v) is 19.3. The maximum absolute atomic E-state index is 13.3. The summed E-state index contributed by atoms with van der Waals surface area (Å²) in [6.07, 6.45) is 1.48. The zero-order chi connectivity index (χ0) is 23.1. The molecule has 2 saturated heterocycles. The molecule has 3 atom stereocenters. The van der Waals surface area contributed by atoms with Gasteiger partial charge in [-0.1, -0.05) is 51.1 Å². The van der Waals surface area contributed by atoms with Crippen molar-refractivity contribution in [3.63, 3.8) is 0 Å². The molecule has 2 aliphatic heterocycles. The van der Waals surface area contributed by atoms with Crippen molar-refractivity contribution in [2.75, 3.05) is 32.9 Å². The van der Waals surface area contributed by atoms with Crippen LogP contribution in [0.15, 0.2) is 30.3 Å². The van der Waals surface area contributed by atoms with Crippen molar-refractivity contribution in [1.29, 1.82) is 0 Å². The number of carbonyl (C=O) groups is 3. The number of rotatable bonds is 8. The number of nitrogens with one attached hydrogen (secondary N) is 2. The Morgan fingerprint density at radius 1 is 1.19 bits per heavy atom. The molecule has 1 aromatic rings. The predicted octanol–water partition coefficient (Wildman–Crippen LogP) is 1.92. The van der Waals surface area contributed by atoms with Gasteiger partial charge >= 0.3 is 6.03 Å². The molecule has 0 spiro atoms. The van der Waals surface area contributed by atoms with Gasteiger partial charge in [-0.3, -0.25) is 9.59 Å². The van der Waals surface area contributed by atoms with E-state index in [1.165, 1.54) is 5.56 Å². The van der Waals surface area contributed by atoms with Crippen molar-refractivity contribution in [2.24, 2.45) is 5.41 Å². The van der Waals surface area contributed by atoms with Gasteiger partial charge in [-0.15, -0.1) is 0 Å². The molecule has 2 fully saturated rings. The number of hydrogen-bond donors (Lipinski definition) is 2. The second-order valence-corrected chi connectivity index (χ2v) is 9.34. The largest absolute Gasteiger partial charge is 0.378 e. The Bertz CT molecular complexity index is 792. The summed E-state index contributed by atoms with van der Waals surface area (Å²) in [7, 11) is 0. The quantitative estimate of drug-likeness (QED) is 0.637. The van der Waals surface area contributed by atoms with Gasteiger partial charge in [0.15, 0.2) is 5.78 Å². The van der Waals surface area contributed by atoms with Crippen molar-refractivity contribution < 1.29 is 23.9 Å². The van der Waals surface area contributed by atoms with Crippen LogP contribution < -0.4 is 10.6 Å². The van der Waals surface area contributed by atoms with Crippen LogP contribution in [-0.4, -0.2) is 73.7 Å². The van der Waals surface area contributed by atoms with Crippen molar-refractivity contribution in [3.05, 3.63) is 35.9 Å². The topological polar surface area (TPSA) is 97.0 Å². The van der Waals surface area contributed by atoms with Crippen LogP contribution in [0.4, 0.5) is 4.79 Å². The first kappa shape index (κ1) is 24.2. The van der Waals surface area contributed by atoms with Crippen LogP contribution in [0.3, 0.4) is 0 Å². The number of morpholine rings is 1. The van der Waals surface area contributed by atoms with Crippen LogP contribution >= 0.6 is 0 Å². The summed E-state index contributed by atoms with van der Waals surface area (Å²) < 4.78 is 10.8. The molecule has 2 aliphatic rings. The molecule has 8 nitrogen and oxygen atoms in total. The Balaban J connectivity index is 1.72. The number of ketones is 1. The highest BCUT2D eigenvalue weighted by molar-refractivity contribution is 5.94. The van der Waals surface area contributed by atoms with Gasteiger partial charge in [-0.25, -0.2) is 4.79 Å². The first-order valence-corrected chi connectivity index (χ1v) is 11.4. The molecule has 176 valence electrons. The predicted molar refractivity (Wildman–Crippen MR) is 120 cm³/mol. The third kappa shape index (κ3) is 6.53. The van der Waals surface area contributed by atoms with E-state index in [4.69, 9.17) is 9.47 Å². The third-order valence-corrected chi connectivity index (χ3v) is 6.05. The van der Waals surface area contributed by atoms with Gasteiger partial charge in [-0.05, 0) is 30.2 Å². The molecule has 2 heterocycles. The molecule has 3 rings (SSSR count). The maximum atomic E-state index is 13.3. The summed E-state index contributed by atoms with van der Waals surface area (Å²) in [5.74, 6) is -0.484. The molecule has 3 amide bonds. The van der Waals surface area contributed by atoms with Crippen molar-refractivity contribution in [3.8, 4) is 0 Å². The summed E-state index contributed by atoms with van der Waals surface area (Å²) in [6.45, 7) is 8.03. The Hall–Kier alpha value is -2.45. The zero-order valence-electron chi connectivity index (χ0n) is 19.3. The number of ether oxygens (including phenoxy) is 2. The highest BCUT2D eigenvalue weighted by Gasteiger charge is 2.38. The number of amides is 3. The van der Waals surface area contributed by atoms with Crippen LogP contribution in [0.25, 0.3) is 0 Å². The lowest BCUT2D eigenvalue weighted by Crippen LogP contribution is -2.57. The first-order valence-electron chi connectivity index (χ1n) is 11.4. The molecule has 2 unspecified atom stereocenters. The van der Waals surface area contributed by atoms with Crippen molar-refractivity contribution in [1.82, 2.24) is 15.5 Å². The van der Waals surface area contributed by atoms with Crippen LogP contribution in [0.1, 0.15) is 39.2 Å². The molecule has 0 aromatic heterocycles. The number of hydrogen-bond acceptors (Lipinski definition) is 5. The summed E-state index contributed by atoms with van der Waals surface area (Å²) in [6, 6.07) is 8.35. The lowest BCUT2D eigenvalue weighted by atomic mass is 9.80. The van der Waals surface area contributed by atoms with E-state index >= 15 is 0 Å². The van der Waals surface area contributed by atoms with Crippen LogP contribution in [-0.2, 0) is 25.5 Å². The molecular formula is C24H35N3O5. The molecule has 0 radical (unpaired) electrons. The van der Waals surface area contributed by atoms with Crippen LogP contribution in [0.2, 0.25) is 0 Å². The summed E-state index contributed by atoms with van der Waals surface area (Å²) in [5.41, 5.74) is 0.906. The monoisotopic (exact) mass is 445 g/mol. The van der Waals surface area contributed by atoms with E-state index in [1.807, 2.05) is 25.1 Å². The van der Waals surface area contributed by atoms with Gasteiger partial charge in [0.25, 0.3) is 0 Å². The smallest absolute Gasteiger partial charge is 0.318 e. The summed E-state index contributed by atoms with van der Waals surface area (Å²) in [5, 5.41) is 5.77. The normalized spacial score (nSPS) is 22.5. The van der Waals surface area contributed by atoms with Crippen molar-refractivity contribution >= 4 is 17.7 Å². The van der Waals surface area contributed by atoms with E-state index in [0.717, 1.165) is 6.42 Å². The third-order valence-electron chi connectivity index (χ3n) is 6.05. The van der Waals surface area contributed by atoms with E-state index in [2.05, 4.69) is 36.6 Å². The highest BCUT2D eigenvalue weighted by Crippen LogP contribution is 2.28. The SMILES string of the molecule is CCC1OCC(=O)C1NC(=O)[C@H](CC(C)(C)Cc1ccccc1)NC(=O)N1CCOCC1. The number of nitrogens with zero attached hydrogens (tertiary/aromatic N) is 1. The number of urea groups is 1. The minimum atomic E-state index is -0.769. The molecule has 0 aliphatic carbocycles. The van der Waals surface area contributed by atoms with Gasteiger partial charge in [0.2, 0.25) is 5.91 Å². The average Bonchev–Trinajstić information content (AvgIpc) is 3.13. The van der Waals surface area contributed by atoms with E-state index in [-0.39, 0.29) is 35.8 Å². The molecule has 0 saturated carbocycles. The Kier molecular flexibility index (Phi) is 8.26. The molecule has 32 heavy (non-hydrogen) atoms. The molecule has 8 heteroatoms. The van der Waals surface area contributed by atoms with Gasteiger partial charge < -0.3 is 25.0 Å². The number of Topliss-reactive ketones (excluding diaryl/α,β-unsaturated/α-hetero) is 1. The fourth-order valence-electron chi connectivity index (χ4n) is 4.35. The van der Waals surface area contributed by atoms with E-state index < -0.39 is 12.1 Å². The number of benzene rings is 1. The van der Waals surface area contributed by atoms with Crippen LogP contribution in [0, 0.1) is 5.41 Å². The molecule has 2 N–H and O–H groups in total. The second-order valence-electron chi connectivity index (χ2n) is 9.34. The maximum Gasteiger partial charge on any atom is 0.318 e.